The zero-order valence-corrected chi connectivity index (χ0v) is 15.6. The summed E-state index contributed by atoms with van der Waals surface area (Å²) in [5, 5.41) is 0. The smallest absolute Gasteiger partial charge is 0.260 e. The minimum atomic E-state index is -0.0840. The molecule has 2 rings (SSSR count). The van der Waals surface area contributed by atoms with Crippen LogP contribution in [-0.2, 0) is 11.3 Å². The molecule has 0 atom stereocenters. The predicted molar refractivity (Wildman–Crippen MR) is 100 cm³/mol. The fraction of sp³-hybridized carbons (Fsp3) is 0.350. The maximum atomic E-state index is 12.3. The van der Waals surface area contributed by atoms with E-state index in [1.165, 1.54) is 0 Å². The Balaban J connectivity index is 1.92. The number of carbonyl (C=O) groups excluding carboxylic acids is 1. The summed E-state index contributed by atoms with van der Waals surface area (Å²) in [6, 6.07) is 13.8. The zero-order chi connectivity index (χ0) is 18.4. The number of amides is 1. The van der Waals surface area contributed by atoms with Crippen molar-refractivity contribution in [3.8, 4) is 11.5 Å². The number of hydrogen-bond donors (Lipinski definition) is 0. The third-order valence-electron chi connectivity index (χ3n) is 3.97. The lowest BCUT2D eigenvalue weighted by atomic mass is 10.2. The molecule has 0 saturated heterocycles. The summed E-state index contributed by atoms with van der Waals surface area (Å²) in [6.45, 7) is 2.50. The number of benzene rings is 2. The van der Waals surface area contributed by atoms with Crippen molar-refractivity contribution in [1.82, 2.24) is 4.90 Å². The fourth-order valence-electron chi connectivity index (χ4n) is 2.41. The van der Waals surface area contributed by atoms with E-state index in [9.17, 15) is 4.79 Å². The van der Waals surface area contributed by atoms with Crippen molar-refractivity contribution in [2.24, 2.45) is 0 Å². The molecule has 0 radical (unpaired) electrons. The Kier molecular flexibility index (Phi) is 6.28. The van der Waals surface area contributed by atoms with Crippen LogP contribution in [0.1, 0.15) is 11.1 Å². The number of rotatable bonds is 7. The normalized spacial score (nSPS) is 10.3. The molecule has 5 nitrogen and oxygen atoms in total. The molecule has 1 amide bonds. The van der Waals surface area contributed by atoms with Gasteiger partial charge in [0, 0.05) is 33.4 Å². The molecule has 2 aromatic rings. The van der Waals surface area contributed by atoms with Crippen LogP contribution in [0.3, 0.4) is 0 Å². The van der Waals surface area contributed by atoms with Crippen molar-refractivity contribution in [2.75, 3.05) is 39.8 Å². The monoisotopic (exact) mass is 342 g/mol. The van der Waals surface area contributed by atoms with Gasteiger partial charge in [-0.1, -0.05) is 18.2 Å². The SMILES string of the molecule is COc1cc(C)ccc1OCC(=O)N(C)Cc1ccc(N(C)C)cc1. The molecule has 0 unspecified atom stereocenters. The van der Waals surface area contributed by atoms with E-state index in [0.29, 0.717) is 18.0 Å². The van der Waals surface area contributed by atoms with Crippen molar-refractivity contribution in [2.45, 2.75) is 13.5 Å². The number of nitrogens with zero attached hydrogens (tertiary/aromatic N) is 2. The Morgan fingerprint density at radius 2 is 1.68 bits per heavy atom. The quantitative estimate of drug-likeness (QED) is 0.775. The molecular weight excluding hydrogens is 316 g/mol. The summed E-state index contributed by atoms with van der Waals surface area (Å²) >= 11 is 0. The fourth-order valence-corrected chi connectivity index (χ4v) is 2.41. The lowest BCUT2D eigenvalue weighted by Crippen LogP contribution is -2.31. The minimum Gasteiger partial charge on any atom is -0.493 e. The summed E-state index contributed by atoms with van der Waals surface area (Å²) in [5.74, 6) is 1.12. The third kappa shape index (κ3) is 5.14. The van der Waals surface area contributed by atoms with E-state index >= 15 is 0 Å². The van der Waals surface area contributed by atoms with E-state index < -0.39 is 0 Å². The van der Waals surface area contributed by atoms with E-state index in [-0.39, 0.29) is 12.5 Å². The topological polar surface area (TPSA) is 42.0 Å². The van der Waals surface area contributed by atoms with E-state index in [0.717, 1.165) is 16.8 Å². The Morgan fingerprint density at radius 1 is 1.00 bits per heavy atom. The van der Waals surface area contributed by atoms with Crippen LogP contribution in [0.4, 0.5) is 5.69 Å². The van der Waals surface area contributed by atoms with E-state index in [2.05, 4.69) is 0 Å². The largest absolute Gasteiger partial charge is 0.493 e. The van der Waals surface area contributed by atoms with E-state index in [1.54, 1.807) is 19.1 Å². The summed E-state index contributed by atoms with van der Waals surface area (Å²) in [5.41, 5.74) is 3.29. The van der Waals surface area contributed by atoms with Gasteiger partial charge < -0.3 is 19.3 Å². The van der Waals surface area contributed by atoms with Gasteiger partial charge in [0.2, 0.25) is 0 Å². The van der Waals surface area contributed by atoms with Gasteiger partial charge in [0.1, 0.15) is 0 Å². The Bertz CT molecular complexity index is 711. The predicted octanol–water partition coefficient (Wildman–Crippen LogP) is 3.11. The van der Waals surface area contributed by atoms with Crippen LogP contribution in [0.15, 0.2) is 42.5 Å². The Hall–Kier alpha value is -2.69. The van der Waals surface area contributed by atoms with Crippen molar-refractivity contribution < 1.29 is 14.3 Å². The molecule has 0 aliphatic rings. The van der Waals surface area contributed by atoms with E-state index in [1.807, 2.05) is 68.4 Å². The molecule has 25 heavy (non-hydrogen) atoms. The molecule has 0 N–H and O–H groups in total. The zero-order valence-electron chi connectivity index (χ0n) is 15.6. The molecule has 0 spiro atoms. The molecule has 0 aliphatic heterocycles. The first-order valence-electron chi connectivity index (χ1n) is 8.18. The van der Waals surface area contributed by atoms with Crippen LogP contribution >= 0.6 is 0 Å². The summed E-state index contributed by atoms with van der Waals surface area (Å²) < 4.78 is 10.9. The highest BCUT2D eigenvalue weighted by molar-refractivity contribution is 5.77. The molecule has 0 heterocycles. The Labute approximate surface area is 149 Å². The number of aryl methyl sites for hydroxylation is 1. The first-order chi connectivity index (χ1) is 11.9. The number of likely N-dealkylation sites (N-methyl/N-ethyl adjacent to an activating group) is 1. The molecular formula is C20H26N2O3. The number of carbonyl (C=O) groups is 1. The highest BCUT2D eigenvalue weighted by atomic mass is 16.5. The summed E-state index contributed by atoms with van der Waals surface area (Å²) in [7, 11) is 7.37. The minimum absolute atomic E-state index is 0.0221. The molecule has 0 aliphatic carbocycles. The molecule has 0 bridgehead atoms. The third-order valence-corrected chi connectivity index (χ3v) is 3.97. The molecule has 2 aromatic carbocycles. The first kappa shape index (κ1) is 18.6. The second-order valence-corrected chi connectivity index (χ2v) is 6.25. The standard InChI is InChI=1S/C20H26N2O3/c1-15-6-11-18(19(12-15)24-5)25-14-20(23)22(4)13-16-7-9-17(10-8-16)21(2)3/h6-12H,13-14H2,1-5H3. The molecule has 134 valence electrons. The van der Waals surface area contributed by atoms with Gasteiger partial charge in [-0.2, -0.15) is 0 Å². The lowest BCUT2D eigenvalue weighted by molar-refractivity contribution is -0.132. The van der Waals surface area contributed by atoms with Crippen LogP contribution in [0.5, 0.6) is 11.5 Å². The average molecular weight is 342 g/mol. The van der Waals surface area contributed by atoms with Crippen LogP contribution in [-0.4, -0.2) is 45.7 Å². The van der Waals surface area contributed by atoms with Crippen LogP contribution in [0.25, 0.3) is 0 Å². The van der Waals surface area contributed by atoms with Gasteiger partial charge in [-0.3, -0.25) is 4.79 Å². The summed E-state index contributed by atoms with van der Waals surface area (Å²) in [6.07, 6.45) is 0. The van der Waals surface area contributed by atoms with E-state index in [4.69, 9.17) is 9.47 Å². The van der Waals surface area contributed by atoms with Crippen LogP contribution in [0, 0.1) is 6.92 Å². The number of hydrogen-bond acceptors (Lipinski definition) is 4. The van der Waals surface area contributed by atoms with Gasteiger partial charge in [-0.25, -0.2) is 0 Å². The van der Waals surface area contributed by atoms with Crippen LogP contribution in [0.2, 0.25) is 0 Å². The van der Waals surface area contributed by atoms with Crippen molar-refractivity contribution in [3.05, 3.63) is 53.6 Å². The molecule has 5 heteroatoms. The lowest BCUT2D eigenvalue weighted by Gasteiger charge is -2.19. The maximum absolute atomic E-state index is 12.3. The second-order valence-electron chi connectivity index (χ2n) is 6.25. The van der Waals surface area contributed by atoms with Gasteiger partial charge in [0.05, 0.1) is 7.11 Å². The second kappa shape index (κ2) is 8.42. The highest BCUT2D eigenvalue weighted by Gasteiger charge is 2.12. The van der Waals surface area contributed by atoms with Crippen molar-refractivity contribution in [3.63, 3.8) is 0 Å². The first-order valence-corrected chi connectivity index (χ1v) is 8.18. The number of ether oxygens (including phenoxy) is 2. The van der Waals surface area contributed by atoms with Crippen molar-refractivity contribution in [1.29, 1.82) is 0 Å². The van der Waals surface area contributed by atoms with Crippen LogP contribution < -0.4 is 14.4 Å². The van der Waals surface area contributed by atoms with Gasteiger partial charge in [0.25, 0.3) is 5.91 Å². The molecule has 0 saturated carbocycles. The number of anilines is 1. The average Bonchev–Trinajstić information content (AvgIpc) is 2.60. The molecule has 0 aromatic heterocycles. The Morgan fingerprint density at radius 3 is 2.28 bits per heavy atom. The van der Waals surface area contributed by atoms with Gasteiger partial charge in [0.15, 0.2) is 18.1 Å². The maximum Gasteiger partial charge on any atom is 0.260 e. The van der Waals surface area contributed by atoms with Gasteiger partial charge >= 0.3 is 0 Å². The molecule has 0 fully saturated rings. The van der Waals surface area contributed by atoms with Crippen molar-refractivity contribution >= 4 is 11.6 Å². The number of methoxy groups -OCH3 is 1. The summed E-state index contributed by atoms with van der Waals surface area (Å²) in [4.78, 5) is 16.0. The van der Waals surface area contributed by atoms with Gasteiger partial charge in [-0.05, 0) is 42.3 Å². The highest BCUT2D eigenvalue weighted by Crippen LogP contribution is 2.27. The van der Waals surface area contributed by atoms with Gasteiger partial charge in [-0.15, -0.1) is 0 Å².